The second kappa shape index (κ2) is 6.36. The third-order valence-electron chi connectivity index (χ3n) is 7.80. The van der Waals surface area contributed by atoms with Gasteiger partial charge in [-0.15, -0.1) is 0 Å². The Kier molecular flexibility index (Phi) is 3.60. The molecule has 1 aromatic heterocycles. The fraction of sp³-hybridized carbons (Fsp3) is 0.125. The summed E-state index contributed by atoms with van der Waals surface area (Å²) < 4.78 is 2.34. The van der Waals surface area contributed by atoms with Crippen LogP contribution in [0.25, 0.3) is 54.8 Å². The van der Waals surface area contributed by atoms with Gasteiger partial charge in [-0.3, -0.25) is 0 Å². The normalized spacial score (nSPS) is 14.2. The molecule has 1 nitrogen and oxygen atoms in total. The zero-order valence-corrected chi connectivity index (χ0v) is 19.2. The molecule has 0 unspecified atom stereocenters. The van der Waals surface area contributed by atoms with Gasteiger partial charge in [-0.25, -0.2) is 0 Å². The number of fused-ring (bicyclic) bond motifs is 8. The molecule has 0 saturated carbocycles. The lowest BCUT2D eigenvalue weighted by atomic mass is 9.81. The number of nitrogens with zero attached hydrogens (tertiary/aromatic N) is 1. The zero-order chi connectivity index (χ0) is 22.3. The van der Waals surface area contributed by atoms with Crippen LogP contribution in [0.15, 0.2) is 97.1 Å². The highest BCUT2D eigenvalue weighted by Crippen LogP contribution is 2.49. The molecule has 0 atom stereocenters. The molecular formula is C32H25N. The molecule has 0 spiro atoms. The summed E-state index contributed by atoms with van der Waals surface area (Å²) in [6.07, 6.45) is 0. The van der Waals surface area contributed by atoms with Gasteiger partial charge in [0, 0.05) is 34.1 Å². The monoisotopic (exact) mass is 423 g/mol. The molecule has 5 aromatic carbocycles. The summed E-state index contributed by atoms with van der Waals surface area (Å²) in [4.78, 5) is 0. The number of hydrogen-bond donors (Lipinski definition) is 0. The fourth-order valence-electron chi connectivity index (χ4n) is 6.07. The van der Waals surface area contributed by atoms with Crippen molar-refractivity contribution in [3.63, 3.8) is 0 Å². The van der Waals surface area contributed by atoms with Crippen LogP contribution < -0.4 is 0 Å². The van der Waals surface area contributed by atoms with E-state index in [-0.39, 0.29) is 5.41 Å². The van der Waals surface area contributed by atoms with E-state index < -0.39 is 0 Å². The van der Waals surface area contributed by atoms with Gasteiger partial charge < -0.3 is 4.57 Å². The lowest BCUT2D eigenvalue weighted by Crippen LogP contribution is -2.14. The predicted octanol–water partition coefficient (Wildman–Crippen LogP) is 8.46. The molecule has 33 heavy (non-hydrogen) atoms. The van der Waals surface area contributed by atoms with E-state index in [0.717, 1.165) is 0 Å². The van der Waals surface area contributed by atoms with Gasteiger partial charge in [0.15, 0.2) is 0 Å². The van der Waals surface area contributed by atoms with E-state index in [2.05, 4.69) is 123 Å². The van der Waals surface area contributed by atoms with Gasteiger partial charge in [0.1, 0.15) is 0 Å². The minimum Gasteiger partial charge on any atom is -0.343 e. The highest BCUT2D eigenvalue weighted by molar-refractivity contribution is 6.18. The van der Waals surface area contributed by atoms with Crippen molar-refractivity contribution >= 4 is 32.6 Å². The maximum atomic E-state index is 2.41. The minimum absolute atomic E-state index is 0.0219. The minimum atomic E-state index is 0.0219. The summed E-state index contributed by atoms with van der Waals surface area (Å²) in [7, 11) is 2.18. The van der Waals surface area contributed by atoms with Gasteiger partial charge in [-0.2, -0.15) is 0 Å². The number of aryl methyl sites for hydroxylation is 1. The van der Waals surface area contributed by atoms with Crippen LogP contribution in [0.2, 0.25) is 0 Å². The van der Waals surface area contributed by atoms with Crippen molar-refractivity contribution < 1.29 is 0 Å². The van der Waals surface area contributed by atoms with E-state index in [9.17, 15) is 0 Å². The Hall–Kier alpha value is -3.84. The number of benzene rings is 5. The van der Waals surface area contributed by atoms with E-state index in [1.54, 1.807) is 0 Å². The largest absolute Gasteiger partial charge is 0.343 e. The van der Waals surface area contributed by atoms with Gasteiger partial charge >= 0.3 is 0 Å². The Bertz CT molecular complexity index is 1750. The molecule has 1 heterocycles. The lowest BCUT2D eigenvalue weighted by Gasteiger charge is -2.22. The molecule has 0 saturated heterocycles. The quantitative estimate of drug-likeness (QED) is 0.250. The Balaban J connectivity index is 1.42. The van der Waals surface area contributed by atoms with Crippen LogP contribution in [0.1, 0.15) is 25.0 Å². The summed E-state index contributed by atoms with van der Waals surface area (Å²) in [6.45, 7) is 4.69. The van der Waals surface area contributed by atoms with Crippen LogP contribution in [0.4, 0.5) is 0 Å². The molecule has 0 N–H and O–H groups in total. The van der Waals surface area contributed by atoms with Gasteiger partial charge in [0.2, 0.25) is 0 Å². The lowest BCUT2D eigenvalue weighted by molar-refractivity contribution is 0.660. The molecular weight excluding hydrogens is 398 g/mol. The maximum absolute atomic E-state index is 2.41. The highest BCUT2D eigenvalue weighted by atomic mass is 14.9. The standard InChI is InChI=1S/C32H25N/c1-32(2)28-10-6-4-8-24(28)25-16-13-21(19-29(25)32)20-12-15-23-22(18-20)14-17-27-26-9-5-7-11-30(26)33(3)31(23)27/h4-19H,1-3H3. The molecule has 158 valence electrons. The molecule has 1 aliphatic carbocycles. The highest BCUT2D eigenvalue weighted by Gasteiger charge is 2.35. The summed E-state index contributed by atoms with van der Waals surface area (Å²) in [6, 6.07) is 36.0. The van der Waals surface area contributed by atoms with Crippen LogP contribution >= 0.6 is 0 Å². The summed E-state index contributed by atoms with van der Waals surface area (Å²) >= 11 is 0. The molecule has 1 heteroatoms. The molecule has 0 bridgehead atoms. The molecule has 0 radical (unpaired) electrons. The topological polar surface area (TPSA) is 4.93 Å². The van der Waals surface area contributed by atoms with Crippen molar-refractivity contribution in [2.45, 2.75) is 19.3 Å². The molecule has 1 aliphatic rings. The summed E-state index contributed by atoms with van der Waals surface area (Å²) in [5.41, 5.74) is 10.8. The van der Waals surface area contributed by atoms with Crippen LogP contribution in [0.3, 0.4) is 0 Å². The Morgan fingerprint density at radius 2 is 1.27 bits per heavy atom. The first-order valence-corrected chi connectivity index (χ1v) is 11.7. The Morgan fingerprint density at radius 1 is 0.576 bits per heavy atom. The zero-order valence-electron chi connectivity index (χ0n) is 19.2. The summed E-state index contributed by atoms with van der Waals surface area (Å²) in [5.74, 6) is 0. The van der Waals surface area contributed by atoms with E-state index in [1.165, 1.54) is 66.0 Å². The first-order chi connectivity index (χ1) is 16.0. The van der Waals surface area contributed by atoms with Crippen molar-refractivity contribution in [3.05, 3.63) is 108 Å². The molecule has 0 amide bonds. The van der Waals surface area contributed by atoms with Crippen molar-refractivity contribution in [1.29, 1.82) is 0 Å². The third kappa shape index (κ3) is 2.42. The second-order valence-corrected chi connectivity index (χ2v) is 9.90. The average Bonchev–Trinajstić information content (AvgIpc) is 3.27. The number of aromatic nitrogens is 1. The predicted molar refractivity (Wildman–Crippen MR) is 141 cm³/mol. The smallest absolute Gasteiger partial charge is 0.0568 e. The van der Waals surface area contributed by atoms with Crippen LogP contribution in [0.5, 0.6) is 0 Å². The van der Waals surface area contributed by atoms with Crippen molar-refractivity contribution in [2.75, 3.05) is 0 Å². The van der Waals surface area contributed by atoms with Crippen LogP contribution in [-0.4, -0.2) is 4.57 Å². The van der Waals surface area contributed by atoms with Crippen molar-refractivity contribution in [1.82, 2.24) is 4.57 Å². The number of rotatable bonds is 1. The first-order valence-electron chi connectivity index (χ1n) is 11.7. The van der Waals surface area contributed by atoms with Gasteiger partial charge in [-0.1, -0.05) is 92.7 Å². The van der Waals surface area contributed by atoms with Gasteiger partial charge in [0.05, 0.1) is 5.52 Å². The SMILES string of the molecule is Cn1c2ccccc2c2ccc3cc(-c4ccc5c(c4)C(C)(C)c4ccccc4-5)ccc3c21. The maximum Gasteiger partial charge on any atom is 0.0568 e. The number of para-hydroxylation sites is 1. The molecule has 0 fully saturated rings. The Morgan fingerprint density at radius 3 is 2.18 bits per heavy atom. The molecule has 6 aromatic rings. The van der Waals surface area contributed by atoms with E-state index in [1.807, 2.05) is 0 Å². The molecule has 7 rings (SSSR count). The average molecular weight is 424 g/mol. The third-order valence-corrected chi connectivity index (χ3v) is 7.80. The Labute approximate surface area is 193 Å². The number of hydrogen-bond acceptors (Lipinski definition) is 0. The van der Waals surface area contributed by atoms with Crippen molar-refractivity contribution in [3.8, 4) is 22.3 Å². The van der Waals surface area contributed by atoms with Gasteiger partial charge in [-0.05, 0) is 57.0 Å². The first kappa shape index (κ1) is 18.7. The molecule has 0 aliphatic heterocycles. The van der Waals surface area contributed by atoms with Crippen LogP contribution in [0, 0.1) is 0 Å². The van der Waals surface area contributed by atoms with Crippen molar-refractivity contribution in [2.24, 2.45) is 7.05 Å². The van der Waals surface area contributed by atoms with E-state index >= 15 is 0 Å². The second-order valence-electron chi connectivity index (χ2n) is 9.90. The summed E-state index contributed by atoms with van der Waals surface area (Å²) in [5, 5.41) is 5.24. The van der Waals surface area contributed by atoms with Crippen LogP contribution in [-0.2, 0) is 12.5 Å². The fourth-order valence-corrected chi connectivity index (χ4v) is 6.07. The van der Waals surface area contributed by atoms with E-state index in [0.29, 0.717) is 0 Å². The van der Waals surface area contributed by atoms with Gasteiger partial charge in [0.25, 0.3) is 0 Å². The van der Waals surface area contributed by atoms with E-state index in [4.69, 9.17) is 0 Å².